The van der Waals surface area contributed by atoms with Crippen LogP contribution in [0, 0.1) is 5.41 Å². The molecule has 0 aliphatic heterocycles. The number of nitrogens with two attached hydrogens (primary N) is 1. The number of hydrogen-bond acceptors (Lipinski definition) is 3. The van der Waals surface area contributed by atoms with Crippen LogP contribution >= 0.6 is 0 Å². The number of carbonyl (C=O) groups is 1. The number of nitrogens with one attached hydrogen (secondary N) is 1. The third-order valence-corrected chi connectivity index (χ3v) is 2.20. The third kappa shape index (κ3) is 7.50. The lowest BCUT2D eigenvalue weighted by molar-refractivity contribution is -0.129. The molecule has 0 saturated carbocycles. The van der Waals surface area contributed by atoms with Gasteiger partial charge in [-0.25, -0.2) is 0 Å². The average molecular weight is 246 g/mol. The fraction of sp³-hybridized carbons (Fsp3) is 0.929. The van der Waals surface area contributed by atoms with E-state index in [-0.39, 0.29) is 17.7 Å². The summed E-state index contributed by atoms with van der Waals surface area (Å²) >= 11 is 0. The Morgan fingerprint density at radius 3 is 2.12 bits per heavy atom. The largest absolute Gasteiger partial charge is 0.330 e. The normalized spacial score (nSPS) is 19.9. The van der Waals surface area contributed by atoms with E-state index in [1.807, 2.05) is 20.8 Å². The molecule has 0 bridgehead atoms. The molecule has 3 N–H and O–H groups in total. The second-order valence-corrected chi connectivity index (χ2v) is 6.32. The van der Waals surface area contributed by atoms with Crippen LogP contribution in [0.15, 0.2) is 0 Å². The number of Topliss-reactive ketones (excluding diaryl/α,β-unsaturated/α-hetero) is 1. The molecule has 0 aromatic rings. The van der Waals surface area contributed by atoms with Crippen LogP contribution in [0.3, 0.4) is 0 Å². The van der Waals surface area contributed by atoms with Crippen LogP contribution in [-0.2, 0) is 4.79 Å². The van der Waals surface area contributed by atoms with Crippen LogP contribution in [0.4, 0.5) is 0 Å². The van der Waals surface area contributed by atoms with Crippen molar-refractivity contribution in [1.82, 2.24) is 5.32 Å². The van der Waals surface area contributed by atoms with Crippen LogP contribution in [0.25, 0.3) is 0 Å². The van der Waals surface area contributed by atoms with E-state index < -0.39 is 30.7 Å². The van der Waals surface area contributed by atoms with E-state index in [1.54, 1.807) is 20.8 Å². The first-order valence-corrected chi connectivity index (χ1v) is 6.06. The summed E-state index contributed by atoms with van der Waals surface area (Å²) in [7, 11) is 0. The third-order valence-electron chi connectivity index (χ3n) is 2.20. The van der Waals surface area contributed by atoms with Crippen molar-refractivity contribution in [2.24, 2.45) is 11.1 Å². The van der Waals surface area contributed by atoms with E-state index in [2.05, 4.69) is 5.32 Å². The highest BCUT2D eigenvalue weighted by atomic mass is 16.1. The topological polar surface area (TPSA) is 55.1 Å². The number of carbonyl (C=O) groups excluding carboxylic acids is 1. The molecule has 0 spiro atoms. The maximum atomic E-state index is 12.6. The zero-order valence-electron chi connectivity index (χ0n) is 16.0. The van der Waals surface area contributed by atoms with Gasteiger partial charge in [0, 0.05) is 16.4 Å². The second kappa shape index (κ2) is 6.50. The van der Waals surface area contributed by atoms with Crippen LogP contribution in [0.2, 0.25) is 0 Å². The summed E-state index contributed by atoms with van der Waals surface area (Å²) in [6.07, 6.45) is -4.61. The van der Waals surface area contributed by atoms with Crippen LogP contribution in [0.5, 0.6) is 0 Å². The van der Waals surface area contributed by atoms with Gasteiger partial charge < -0.3 is 11.1 Å². The summed E-state index contributed by atoms with van der Waals surface area (Å²) in [4.78, 5) is 12.6. The summed E-state index contributed by atoms with van der Waals surface area (Å²) in [6, 6.07) is -0.762. The second-order valence-electron chi connectivity index (χ2n) is 6.32. The van der Waals surface area contributed by atoms with Gasteiger partial charge >= 0.3 is 0 Å². The number of rotatable bonds is 6. The minimum atomic E-state index is -2.19. The molecule has 0 aliphatic rings. The van der Waals surface area contributed by atoms with Crippen molar-refractivity contribution in [3.63, 3.8) is 0 Å². The van der Waals surface area contributed by atoms with Gasteiger partial charge in [-0.2, -0.15) is 0 Å². The van der Waals surface area contributed by atoms with Gasteiger partial charge in [0.05, 0.1) is 6.04 Å². The summed E-state index contributed by atoms with van der Waals surface area (Å²) in [5, 5.41) is 3.12. The number of ketones is 1. The first-order valence-electron chi connectivity index (χ1n) is 8.06. The van der Waals surface area contributed by atoms with Gasteiger partial charge in [0.15, 0.2) is 5.78 Å². The smallest absolute Gasteiger partial charge is 0.155 e. The Kier molecular flexibility index (Phi) is 4.02. The van der Waals surface area contributed by atoms with E-state index in [1.165, 1.54) is 0 Å². The van der Waals surface area contributed by atoms with E-state index in [4.69, 9.17) is 11.2 Å². The van der Waals surface area contributed by atoms with Gasteiger partial charge in [-0.1, -0.05) is 27.1 Å². The van der Waals surface area contributed by atoms with Crippen LogP contribution in [-0.4, -0.2) is 23.9 Å². The van der Waals surface area contributed by atoms with Gasteiger partial charge in [0.2, 0.25) is 0 Å². The number of hydrogen-bond donors (Lipinski definition) is 2. The van der Waals surface area contributed by atoms with Crippen molar-refractivity contribution < 1.29 is 10.3 Å². The molecule has 0 saturated heterocycles. The lowest BCUT2D eigenvalue weighted by Gasteiger charge is -2.31. The summed E-state index contributed by atoms with van der Waals surface area (Å²) in [5.41, 5.74) is 4.33. The summed E-state index contributed by atoms with van der Waals surface area (Å²) in [6.45, 7) is 10.6. The molecule has 0 heterocycles. The van der Waals surface area contributed by atoms with E-state index in [0.29, 0.717) is 0 Å². The maximum absolute atomic E-state index is 12.6. The molecule has 3 heteroatoms. The molecular formula is C14H30N2O. The molecule has 0 rings (SSSR count). The van der Waals surface area contributed by atoms with Crippen molar-refractivity contribution in [2.45, 2.75) is 72.3 Å². The molecule has 0 radical (unpaired) electrons. The monoisotopic (exact) mass is 246 g/mol. The molecule has 1 atom stereocenters. The van der Waals surface area contributed by atoms with Gasteiger partial charge in [-0.05, 0) is 40.1 Å². The molecular weight excluding hydrogens is 212 g/mol. The molecule has 0 fully saturated rings. The van der Waals surface area contributed by atoms with Gasteiger partial charge in [0.1, 0.15) is 0 Å². The van der Waals surface area contributed by atoms with Gasteiger partial charge in [-0.3, -0.25) is 4.79 Å². The maximum Gasteiger partial charge on any atom is 0.155 e. The average Bonchev–Trinajstić information content (AvgIpc) is 2.23. The quantitative estimate of drug-likeness (QED) is 0.757. The van der Waals surface area contributed by atoms with Crippen molar-refractivity contribution in [3.05, 3.63) is 0 Å². The molecule has 0 aliphatic carbocycles. The fourth-order valence-corrected chi connectivity index (χ4v) is 1.50. The van der Waals surface area contributed by atoms with E-state index in [0.717, 1.165) is 0 Å². The van der Waals surface area contributed by atoms with Crippen molar-refractivity contribution >= 4 is 5.78 Å². The summed E-state index contributed by atoms with van der Waals surface area (Å²) in [5.74, 6) is -0.130. The van der Waals surface area contributed by atoms with E-state index >= 15 is 0 Å². The molecule has 3 nitrogen and oxygen atoms in total. The van der Waals surface area contributed by atoms with Crippen LogP contribution < -0.4 is 11.1 Å². The zero-order chi connectivity index (χ0) is 17.3. The van der Waals surface area contributed by atoms with Crippen LogP contribution in [0.1, 0.15) is 66.2 Å². The highest BCUT2D eigenvalue weighted by Gasteiger charge is 2.31. The SMILES string of the molecule is [2H]C([2H])(CN)C([2H])([2H])C[C@H](NC(C)(C)C)C(=O)C(C)(C)C. The van der Waals surface area contributed by atoms with Crippen molar-refractivity contribution in [2.75, 3.05) is 6.54 Å². The molecule has 0 aromatic heterocycles. The first kappa shape index (κ1) is 10.5. The Morgan fingerprint density at radius 2 is 1.76 bits per heavy atom. The fourth-order valence-electron chi connectivity index (χ4n) is 1.50. The standard InChI is InChI=1S/C14H30N2O/c1-13(2,3)12(17)11(9-7-8-10-15)16-14(4,5)6/h11,16H,7-10,15H2,1-6H3/t11-/m0/s1/i7D2,8D2. The highest BCUT2D eigenvalue weighted by molar-refractivity contribution is 5.88. The van der Waals surface area contributed by atoms with Gasteiger partial charge in [-0.15, -0.1) is 0 Å². The highest BCUT2D eigenvalue weighted by Crippen LogP contribution is 2.20. The Labute approximate surface area is 112 Å². The first-order chi connectivity index (χ1) is 9.03. The van der Waals surface area contributed by atoms with Crippen molar-refractivity contribution in [3.8, 4) is 0 Å². The molecule has 17 heavy (non-hydrogen) atoms. The minimum Gasteiger partial charge on any atom is -0.330 e. The molecule has 102 valence electrons. The van der Waals surface area contributed by atoms with Gasteiger partial charge in [0.25, 0.3) is 0 Å². The predicted octanol–water partition coefficient (Wildman–Crippen LogP) is 2.49. The lowest BCUT2D eigenvalue weighted by atomic mass is 9.84. The molecule has 0 unspecified atom stereocenters. The Bertz CT molecular complexity index is 370. The Morgan fingerprint density at radius 1 is 1.24 bits per heavy atom. The molecule has 0 amide bonds. The Balaban J connectivity index is 5.40. The Hall–Kier alpha value is -0.410. The zero-order valence-corrected chi connectivity index (χ0v) is 12.0. The van der Waals surface area contributed by atoms with Crippen molar-refractivity contribution in [1.29, 1.82) is 0 Å². The molecule has 0 aromatic carbocycles. The van der Waals surface area contributed by atoms with E-state index in [9.17, 15) is 4.79 Å². The predicted molar refractivity (Wildman–Crippen MR) is 74.0 cm³/mol. The minimum absolute atomic E-state index is 0.130. The summed E-state index contributed by atoms with van der Waals surface area (Å²) < 4.78 is 31.4. The lowest BCUT2D eigenvalue weighted by Crippen LogP contribution is -2.50.